The fraction of sp³-hybridized carbons (Fsp3) is 1.00. The molecule has 0 saturated carbocycles. The van der Waals surface area contributed by atoms with Gasteiger partial charge in [0, 0.05) is 0 Å². The van der Waals surface area contributed by atoms with Gasteiger partial charge in [-0.1, -0.05) is 0 Å². The van der Waals surface area contributed by atoms with Gasteiger partial charge < -0.3 is 0 Å². The molecule has 0 aromatic carbocycles. The first kappa shape index (κ1) is 11.1. The van der Waals surface area contributed by atoms with Gasteiger partial charge in [-0.25, -0.2) is 14.3 Å². The first-order chi connectivity index (χ1) is 4.75. The third-order valence-corrected chi connectivity index (χ3v) is 4.94. The third-order valence-electron chi connectivity index (χ3n) is 1.65. The summed E-state index contributed by atoms with van der Waals surface area (Å²) in [5, 5.41) is 2.87. The minimum absolute atomic E-state index is 0.427. The fourth-order valence-corrected chi connectivity index (χ4v) is 3.11. The van der Waals surface area contributed by atoms with Crippen molar-refractivity contribution in [2.75, 3.05) is 42.3 Å². The molecule has 0 fully saturated rings. The van der Waals surface area contributed by atoms with Crippen molar-refractivity contribution in [1.29, 1.82) is 0 Å². The van der Waals surface area contributed by atoms with E-state index in [9.17, 15) is 4.57 Å². The zero-order valence-corrected chi connectivity index (χ0v) is 9.14. The molecule has 0 spiro atoms. The van der Waals surface area contributed by atoms with Gasteiger partial charge in [-0.3, -0.25) is 4.25 Å². The van der Waals surface area contributed by atoms with Gasteiger partial charge in [0.05, 0.1) is 21.1 Å². The minimum Gasteiger partial charge on any atom is -0.265 e. The summed E-state index contributed by atoms with van der Waals surface area (Å²) in [6, 6.07) is 0. The summed E-state index contributed by atoms with van der Waals surface area (Å²) in [5.74, 6) is 0. The van der Waals surface area contributed by atoms with Crippen LogP contribution in [0.3, 0.4) is 0 Å². The van der Waals surface area contributed by atoms with Crippen LogP contribution < -0.4 is 5.09 Å². The third kappa shape index (κ3) is 2.03. The molecule has 11 heavy (non-hydrogen) atoms. The van der Waals surface area contributed by atoms with Gasteiger partial charge >= 0.3 is 7.59 Å². The van der Waals surface area contributed by atoms with Crippen LogP contribution in [0.15, 0.2) is 0 Å². The zero-order valence-electron chi connectivity index (χ0n) is 8.25. The van der Waals surface area contributed by atoms with Crippen molar-refractivity contribution >= 4 is 7.59 Å². The molecule has 0 aliphatic heterocycles. The van der Waals surface area contributed by atoms with E-state index < -0.39 is 7.59 Å². The van der Waals surface area contributed by atoms with Crippen LogP contribution in [0.4, 0.5) is 0 Å². The summed E-state index contributed by atoms with van der Waals surface area (Å²) >= 11 is 0. The first-order valence-electron chi connectivity index (χ1n) is 3.54. The van der Waals surface area contributed by atoms with E-state index in [1.807, 2.05) is 35.2 Å². The van der Waals surface area contributed by atoms with E-state index >= 15 is 0 Å². The number of rotatable bonds is 3. The molecule has 0 aromatic heterocycles. The second-order valence-electron chi connectivity index (χ2n) is 3.56. The molecule has 0 aliphatic carbocycles. The molecular formula is C6H19N3OP+. The highest BCUT2D eigenvalue weighted by atomic mass is 31.2. The van der Waals surface area contributed by atoms with E-state index in [1.165, 1.54) is 0 Å². The lowest BCUT2D eigenvalue weighted by Gasteiger charge is -2.35. The predicted molar refractivity (Wildman–Crippen MR) is 48.4 cm³/mol. The normalized spacial score (nSPS) is 18.5. The van der Waals surface area contributed by atoms with E-state index in [4.69, 9.17) is 0 Å². The summed E-state index contributed by atoms with van der Waals surface area (Å²) < 4.78 is 14.3. The Balaban J connectivity index is 4.77. The Morgan fingerprint density at radius 3 is 1.64 bits per heavy atom. The monoisotopic (exact) mass is 180 g/mol. The molecule has 0 rings (SSSR count). The van der Waals surface area contributed by atoms with Gasteiger partial charge in [0.1, 0.15) is 0 Å². The number of nitrogens with one attached hydrogen (secondary N) is 1. The predicted octanol–water partition coefficient (Wildman–Crippen LogP) is 0.582. The van der Waals surface area contributed by atoms with Gasteiger partial charge in [-0.05, 0) is 21.1 Å². The summed E-state index contributed by atoms with van der Waals surface area (Å²) in [4.78, 5) is 0. The second-order valence-corrected chi connectivity index (χ2v) is 7.09. The molecule has 0 amide bonds. The molecule has 0 aliphatic rings. The molecule has 68 valence electrons. The standard InChI is InChI=1S/C6H19N3OP/c1-7-11(10,8(2)3)9(4,5)6/h1-6H3,(H,7,10)/q+1. The summed E-state index contributed by atoms with van der Waals surface area (Å²) in [6.07, 6.45) is 0. The van der Waals surface area contributed by atoms with Crippen LogP contribution in [0.25, 0.3) is 0 Å². The molecule has 1 unspecified atom stereocenters. The molecule has 0 bridgehead atoms. The lowest BCUT2D eigenvalue weighted by Crippen LogP contribution is -2.41. The zero-order chi connectivity index (χ0) is 9.28. The molecule has 1 atom stereocenters. The van der Waals surface area contributed by atoms with Gasteiger partial charge in [0.25, 0.3) is 0 Å². The maximum Gasteiger partial charge on any atom is 0.394 e. The maximum absolute atomic E-state index is 12.1. The van der Waals surface area contributed by atoms with Crippen LogP contribution in [-0.4, -0.2) is 51.2 Å². The molecule has 5 heteroatoms. The quantitative estimate of drug-likeness (QED) is 0.645. The highest BCUT2D eigenvalue weighted by Gasteiger charge is 2.38. The van der Waals surface area contributed by atoms with Gasteiger partial charge in [0.15, 0.2) is 0 Å². The molecule has 0 heterocycles. The van der Waals surface area contributed by atoms with Crippen molar-refractivity contribution in [3.63, 3.8) is 0 Å². The average Bonchev–Trinajstić information content (AvgIpc) is 1.83. The fourth-order valence-electron chi connectivity index (χ4n) is 1.04. The van der Waals surface area contributed by atoms with Crippen molar-refractivity contribution in [3.8, 4) is 0 Å². The SMILES string of the molecule is CNP(=O)(N(C)C)[N+](C)(C)C. The van der Waals surface area contributed by atoms with Gasteiger partial charge in [-0.15, -0.1) is 0 Å². The van der Waals surface area contributed by atoms with Gasteiger partial charge in [0.2, 0.25) is 0 Å². The molecule has 1 N–H and O–H groups in total. The van der Waals surface area contributed by atoms with E-state index in [1.54, 1.807) is 11.7 Å². The van der Waals surface area contributed by atoms with E-state index in [0.717, 1.165) is 0 Å². The van der Waals surface area contributed by atoms with Crippen molar-refractivity contribution < 1.29 is 8.82 Å². The molecule has 0 saturated heterocycles. The van der Waals surface area contributed by atoms with E-state index in [-0.39, 0.29) is 0 Å². The van der Waals surface area contributed by atoms with Crippen molar-refractivity contribution in [3.05, 3.63) is 0 Å². The minimum atomic E-state index is -2.44. The number of hydrogen-bond acceptors (Lipinski definition) is 1. The van der Waals surface area contributed by atoms with Crippen LogP contribution in [0, 0.1) is 0 Å². The smallest absolute Gasteiger partial charge is 0.265 e. The second kappa shape index (κ2) is 3.23. The summed E-state index contributed by atoms with van der Waals surface area (Å²) in [6.45, 7) is 0. The van der Waals surface area contributed by atoms with Crippen LogP contribution in [0.1, 0.15) is 0 Å². The van der Waals surface area contributed by atoms with Crippen LogP contribution >= 0.6 is 7.59 Å². The van der Waals surface area contributed by atoms with E-state index in [2.05, 4.69) is 5.09 Å². The molecule has 4 nitrogen and oxygen atoms in total. The van der Waals surface area contributed by atoms with Crippen LogP contribution in [0.2, 0.25) is 0 Å². The lowest BCUT2D eigenvalue weighted by molar-refractivity contribution is -0.750. The largest absolute Gasteiger partial charge is 0.394 e. The highest BCUT2D eigenvalue weighted by molar-refractivity contribution is 7.53. The first-order valence-corrected chi connectivity index (χ1v) is 5.15. The van der Waals surface area contributed by atoms with Crippen LogP contribution in [0.5, 0.6) is 0 Å². The Morgan fingerprint density at radius 2 is 1.64 bits per heavy atom. The maximum atomic E-state index is 12.1. The molecule has 0 radical (unpaired) electrons. The van der Waals surface area contributed by atoms with Crippen LogP contribution in [-0.2, 0) is 4.57 Å². The lowest BCUT2D eigenvalue weighted by atomic mass is 11.0. The number of quaternary nitrogens is 1. The van der Waals surface area contributed by atoms with Gasteiger partial charge in [-0.2, -0.15) is 0 Å². The molecular weight excluding hydrogens is 161 g/mol. The Hall–Kier alpha value is 0.110. The number of nitrogens with zero attached hydrogens (tertiary/aromatic N) is 2. The van der Waals surface area contributed by atoms with Crippen molar-refractivity contribution in [2.45, 2.75) is 0 Å². The molecule has 0 aromatic rings. The Kier molecular flexibility index (Phi) is 3.27. The van der Waals surface area contributed by atoms with E-state index in [0.29, 0.717) is 4.25 Å². The Bertz CT molecular complexity index is 173. The average molecular weight is 180 g/mol. The summed E-state index contributed by atoms with van der Waals surface area (Å²) in [7, 11) is 8.67. The van der Waals surface area contributed by atoms with Crippen molar-refractivity contribution in [1.82, 2.24) is 9.76 Å². The Labute approximate surface area is 69.3 Å². The summed E-state index contributed by atoms with van der Waals surface area (Å²) in [5.41, 5.74) is 0. The highest BCUT2D eigenvalue weighted by Crippen LogP contribution is 2.49. The number of hydrogen-bond donors (Lipinski definition) is 1. The topological polar surface area (TPSA) is 32.3 Å². The van der Waals surface area contributed by atoms with Crippen molar-refractivity contribution in [2.24, 2.45) is 0 Å². The Morgan fingerprint density at radius 1 is 1.27 bits per heavy atom.